The number of hydrogen-bond acceptors (Lipinski definition) is 7. The summed E-state index contributed by atoms with van der Waals surface area (Å²) >= 11 is 0. The standard InChI is InChI=1S/C8H17NO3.C7H15NO4/c1-3-5-8(7-10,6-4-2)9(11)12;1-2-3-4-7(5-9,6-10)8(11)12/h10H,3-7H2,1-2H3;9-10H,2-6H2,1H3. The van der Waals surface area contributed by atoms with Gasteiger partial charge in [-0.25, -0.2) is 0 Å². The van der Waals surface area contributed by atoms with Gasteiger partial charge in [-0.2, -0.15) is 0 Å². The lowest BCUT2D eigenvalue weighted by atomic mass is 9.90. The molecule has 0 atom stereocenters. The largest absolute Gasteiger partial charge is 0.389 e. The van der Waals surface area contributed by atoms with Crippen LogP contribution in [0.1, 0.15) is 65.7 Å². The Kier molecular flexibility index (Phi) is 13.5. The van der Waals surface area contributed by atoms with E-state index in [9.17, 15) is 20.2 Å². The van der Waals surface area contributed by atoms with Crippen molar-refractivity contribution in [2.45, 2.75) is 76.8 Å². The second-order valence-electron chi connectivity index (χ2n) is 6.04. The van der Waals surface area contributed by atoms with Crippen molar-refractivity contribution < 1.29 is 25.2 Å². The third-order valence-electron chi connectivity index (χ3n) is 4.08. The van der Waals surface area contributed by atoms with Crippen LogP contribution in [0.4, 0.5) is 0 Å². The molecule has 0 radical (unpaired) electrons. The first kappa shape index (κ1) is 24.9. The van der Waals surface area contributed by atoms with E-state index >= 15 is 0 Å². The molecule has 3 N–H and O–H groups in total. The van der Waals surface area contributed by atoms with Crippen LogP contribution < -0.4 is 0 Å². The van der Waals surface area contributed by atoms with Gasteiger partial charge in [0.05, 0.1) is 0 Å². The fourth-order valence-corrected chi connectivity index (χ4v) is 2.37. The molecule has 24 heavy (non-hydrogen) atoms. The Balaban J connectivity index is 0. The zero-order chi connectivity index (χ0) is 19.2. The molecule has 9 nitrogen and oxygen atoms in total. The van der Waals surface area contributed by atoms with Crippen LogP contribution in [0.15, 0.2) is 0 Å². The minimum absolute atomic E-state index is 0.226. The van der Waals surface area contributed by atoms with Crippen molar-refractivity contribution >= 4 is 0 Å². The molecule has 0 saturated carbocycles. The van der Waals surface area contributed by atoms with Crippen molar-refractivity contribution in [3.05, 3.63) is 20.2 Å². The van der Waals surface area contributed by atoms with E-state index in [4.69, 9.17) is 15.3 Å². The lowest BCUT2D eigenvalue weighted by molar-refractivity contribution is -0.578. The molecule has 9 heteroatoms. The molecule has 0 aliphatic rings. The fourth-order valence-electron chi connectivity index (χ4n) is 2.37. The molecular weight excluding hydrogens is 320 g/mol. The summed E-state index contributed by atoms with van der Waals surface area (Å²) in [5.41, 5.74) is -2.61. The van der Waals surface area contributed by atoms with E-state index in [2.05, 4.69) is 0 Å². The molecule has 0 aromatic carbocycles. The first-order valence-corrected chi connectivity index (χ1v) is 8.37. The minimum atomic E-state index is -1.53. The molecule has 0 amide bonds. The highest BCUT2D eigenvalue weighted by molar-refractivity contribution is 4.77. The first-order valence-electron chi connectivity index (χ1n) is 8.37. The molecule has 0 aromatic heterocycles. The van der Waals surface area contributed by atoms with Crippen molar-refractivity contribution in [3.8, 4) is 0 Å². The van der Waals surface area contributed by atoms with E-state index < -0.39 is 29.2 Å². The third kappa shape index (κ3) is 7.50. The Morgan fingerprint density at radius 1 is 0.708 bits per heavy atom. The van der Waals surface area contributed by atoms with Gasteiger partial charge in [-0.05, 0) is 19.3 Å². The second kappa shape index (κ2) is 13.0. The van der Waals surface area contributed by atoms with Crippen LogP contribution in [0.5, 0.6) is 0 Å². The normalized spacial score (nSPS) is 11.6. The summed E-state index contributed by atoms with van der Waals surface area (Å²) in [5, 5.41) is 47.7. The van der Waals surface area contributed by atoms with Crippen molar-refractivity contribution in [2.75, 3.05) is 19.8 Å². The Bertz CT molecular complexity index is 354. The monoisotopic (exact) mass is 352 g/mol. The molecule has 0 rings (SSSR count). The number of rotatable bonds is 12. The van der Waals surface area contributed by atoms with Gasteiger partial charge in [0, 0.05) is 29.1 Å². The van der Waals surface area contributed by atoms with Crippen LogP contribution in [0.25, 0.3) is 0 Å². The Hall–Kier alpha value is -1.32. The molecule has 0 fully saturated rings. The molecule has 144 valence electrons. The van der Waals surface area contributed by atoms with Crippen molar-refractivity contribution in [1.29, 1.82) is 0 Å². The highest BCUT2D eigenvalue weighted by atomic mass is 16.6. The quantitative estimate of drug-likeness (QED) is 0.358. The first-order chi connectivity index (χ1) is 11.3. The van der Waals surface area contributed by atoms with Gasteiger partial charge in [-0.3, -0.25) is 20.2 Å². The number of aliphatic hydroxyl groups is 3. The number of aliphatic hydroxyl groups excluding tert-OH is 3. The van der Waals surface area contributed by atoms with Gasteiger partial charge in [-0.15, -0.1) is 0 Å². The van der Waals surface area contributed by atoms with E-state index in [1.54, 1.807) is 0 Å². The Labute approximate surface area is 143 Å². The summed E-state index contributed by atoms with van der Waals surface area (Å²) in [7, 11) is 0. The summed E-state index contributed by atoms with van der Waals surface area (Å²) in [6.45, 7) is 4.14. The van der Waals surface area contributed by atoms with Gasteiger partial charge in [0.25, 0.3) is 5.54 Å². The maximum absolute atomic E-state index is 10.7. The lowest BCUT2D eigenvalue weighted by Gasteiger charge is -2.21. The predicted molar refractivity (Wildman–Crippen MR) is 90.0 cm³/mol. The average Bonchev–Trinajstić information content (AvgIpc) is 2.56. The van der Waals surface area contributed by atoms with Crippen molar-refractivity contribution in [1.82, 2.24) is 0 Å². The van der Waals surface area contributed by atoms with Gasteiger partial charge in [0.2, 0.25) is 5.54 Å². The highest BCUT2D eigenvalue weighted by Gasteiger charge is 2.41. The number of nitrogens with zero attached hydrogens (tertiary/aromatic N) is 2. The molecule has 0 unspecified atom stereocenters. The number of unbranched alkanes of at least 4 members (excludes halogenated alkanes) is 1. The zero-order valence-electron chi connectivity index (χ0n) is 14.9. The maximum atomic E-state index is 10.7. The van der Waals surface area contributed by atoms with Crippen molar-refractivity contribution in [3.63, 3.8) is 0 Å². The maximum Gasteiger partial charge on any atom is 0.267 e. The summed E-state index contributed by atoms with van der Waals surface area (Å²) < 4.78 is 0. The molecule has 0 aliphatic carbocycles. The van der Waals surface area contributed by atoms with Crippen LogP contribution in [0.3, 0.4) is 0 Å². The van der Waals surface area contributed by atoms with E-state index in [1.165, 1.54) is 0 Å². The summed E-state index contributed by atoms with van der Waals surface area (Å²) in [6.07, 6.45) is 4.08. The van der Waals surface area contributed by atoms with Crippen LogP contribution >= 0.6 is 0 Å². The van der Waals surface area contributed by atoms with Gasteiger partial charge >= 0.3 is 0 Å². The number of hydrogen-bond donors (Lipinski definition) is 3. The van der Waals surface area contributed by atoms with Crippen LogP contribution in [-0.4, -0.2) is 56.1 Å². The van der Waals surface area contributed by atoms with Gasteiger partial charge in [0.1, 0.15) is 19.8 Å². The van der Waals surface area contributed by atoms with Crippen molar-refractivity contribution in [2.24, 2.45) is 0 Å². The molecule has 0 saturated heterocycles. The molecule has 0 aromatic rings. The molecule has 0 bridgehead atoms. The summed E-state index contributed by atoms with van der Waals surface area (Å²) in [6, 6.07) is 0. The second-order valence-corrected chi connectivity index (χ2v) is 6.04. The highest BCUT2D eigenvalue weighted by Crippen LogP contribution is 2.22. The molecule has 0 spiro atoms. The van der Waals surface area contributed by atoms with Crippen LogP contribution in [0, 0.1) is 20.2 Å². The van der Waals surface area contributed by atoms with E-state index in [-0.39, 0.29) is 18.0 Å². The fraction of sp³-hybridized carbons (Fsp3) is 1.00. The average molecular weight is 352 g/mol. The Morgan fingerprint density at radius 3 is 1.29 bits per heavy atom. The lowest BCUT2D eigenvalue weighted by Crippen LogP contribution is -2.45. The molecular formula is C15H32N2O7. The van der Waals surface area contributed by atoms with Crippen LogP contribution in [-0.2, 0) is 0 Å². The van der Waals surface area contributed by atoms with E-state index in [0.29, 0.717) is 19.3 Å². The topological polar surface area (TPSA) is 147 Å². The SMILES string of the molecule is CCCC(CO)(CCC)[N+](=O)[O-].CCCCC(CO)(CO)[N+](=O)[O-]. The van der Waals surface area contributed by atoms with Gasteiger partial charge < -0.3 is 15.3 Å². The minimum Gasteiger partial charge on any atom is -0.389 e. The molecule has 0 heterocycles. The predicted octanol–water partition coefficient (Wildman–Crippen LogP) is 1.77. The van der Waals surface area contributed by atoms with Gasteiger partial charge in [-0.1, -0.05) is 27.2 Å². The third-order valence-corrected chi connectivity index (χ3v) is 4.08. The van der Waals surface area contributed by atoms with Crippen LogP contribution in [0.2, 0.25) is 0 Å². The summed E-state index contributed by atoms with van der Waals surface area (Å²) in [4.78, 5) is 20.2. The zero-order valence-corrected chi connectivity index (χ0v) is 14.9. The summed E-state index contributed by atoms with van der Waals surface area (Å²) in [5.74, 6) is 0. The van der Waals surface area contributed by atoms with E-state index in [0.717, 1.165) is 19.3 Å². The smallest absolute Gasteiger partial charge is 0.267 e. The molecule has 0 aliphatic heterocycles. The number of nitro groups is 2. The van der Waals surface area contributed by atoms with E-state index in [1.807, 2.05) is 20.8 Å². The Morgan fingerprint density at radius 2 is 1.08 bits per heavy atom. The van der Waals surface area contributed by atoms with Gasteiger partial charge in [0.15, 0.2) is 0 Å².